The SMILES string of the molecule is CC(C)CCC(=O)NCC(C)Br. The summed E-state index contributed by atoms with van der Waals surface area (Å²) >= 11 is 3.37. The summed E-state index contributed by atoms with van der Waals surface area (Å²) < 4.78 is 0. The molecule has 0 saturated carbocycles. The van der Waals surface area contributed by atoms with Crippen molar-refractivity contribution in [2.24, 2.45) is 5.92 Å². The topological polar surface area (TPSA) is 29.1 Å². The summed E-state index contributed by atoms with van der Waals surface area (Å²) in [5.74, 6) is 0.771. The highest BCUT2D eigenvalue weighted by Gasteiger charge is 2.03. The summed E-state index contributed by atoms with van der Waals surface area (Å²) in [4.78, 5) is 11.5. The molecule has 1 atom stereocenters. The van der Waals surface area contributed by atoms with Gasteiger partial charge in [0.25, 0.3) is 0 Å². The van der Waals surface area contributed by atoms with E-state index in [-0.39, 0.29) is 5.91 Å². The van der Waals surface area contributed by atoms with Crippen molar-refractivity contribution < 1.29 is 4.79 Å². The standard InChI is InChI=1S/C9H18BrNO/c1-7(2)4-5-9(12)11-6-8(3)10/h7-8H,4-6H2,1-3H3,(H,11,12). The van der Waals surface area contributed by atoms with E-state index < -0.39 is 0 Å². The maximum absolute atomic E-state index is 11.1. The molecule has 1 amide bonds. The van der Waals surface area contributed by atoms with Gasteiger partial charge in [0.2, 0.25) is 5.91 Å². The molecule has 1 N–H and O–H groups in total. The average molecular weight is 236 g/mol. The van der Waals surface area contributed by atoms with Crippen molar-refractivity contribution in [3.63, 3.8) is 0 Å². The summed E-state index contributed by atoms with van der Waals surface area (Å²) in [6.45, 7) is 6.99. The molecule has 0 saturated heterocycles. The Bertz CT molecular complexity index is 120. The monoisotopic (exact) mass is 235 g/mol. The number of hydrogen-bond donors (Lipinski definition) is 1. The van der Waals surface area contributed by atoms with E-state index in [0.29, 0.717) is 17.2 Å². The molecule has 0 bridgehead atoms. The quantitative estimate of drug-likeness (QED) is 0.729. The van der Waals surface area contributed by atoms with Crippen molar-refractivity contribution in [2.75, 3.05) is 6.54 Å². The minimum absolute atomic E-state index is 0.162. The van der Waals surface area contributed by atoms with Crippen LogP contribution in [0, 0.1) is 5.92 Å². The van der Waals surface area contributed by atoms with Crippen LogP contribution in [0.5, 0.6) is 0 Å². The van der Waals surface area contributed by atoms with Gasteiger partial charge in [-0.3, -0.25) is 4.79 Å². The van der Waals surface area contributed by atoms with Gasteiger partial charge in [0, 0.05) is 17.8 Å². The molecule has 0 aliphatic carbocycles. The van der Waals surface area contributed by atoms with Gasteiger partial charge >= 0.3 is 0 Å². The second kappa shape index (κ2) is 6.46. The lowest BCUT2D eigenvalue weighted by atomic mass is 10.1. The lowest BCUT2D eigenvalue weighted by Crippen LogP contribution is -2.28. The van der Waals surface area contributed by atoms with Crippen molar-refractivity contribution in [3.05, 3.63) is 0 Å². The smallest absolute Gasteiger partial charge is 0.220 e. The van der Waals surface area contributed by atoms with E-state index in [2.05, 4.69) is 35.1 Å². The Labute approximate surface area is 83.2 Å². The zero-order valence-electron chi connectivity index (χ0n) is 8.06. The fourth-order valence-electron chi connectivity index (χ4n) is 0.763. The molecular weight excluding hydrogens is 218 g/mol. The highest BCUT2D eigenvalue weighted by molar-refractivity contribution is 9.09. The van der Waals surface area contributed by atoms with Crippen LogP contribution in [0.4, 0.5) is 0 Å². The van der Waals surface area contributed by atoms with Crippen LogP contribution in [-0.4, -0.2) is 17.3 Å². The van der Waals surface area contributed by atoms with E-state index in [1.165, 1.54) is 0 Å². The lowest BCUT2D eigenvalue weighted by molar-refractivity contribution is -0.121. The van der Waals surface area contributed by atoms with E-state index in [1.54, 1.807) is 0 Å². The van der Waals surface area contributed by atoms with Crippen molar-refractivity contribution >= 4 is 21.8 Å². The molecule has 0 radical (unpaired) electrons. The number of nitrogens with one attached hydrogen (secondary N) is 1. The summed E-state index contributed by atoms with van der Waals surface area (Å²) in [6, 6.07) is 0. The summed E-state index contributed by atoms with van der Waals surface area (Å²) in [5.41, 5.74) is 0. The molecule has 0 aliphatic rings. The van der Waals surface area contributed by atoms with Crippen LogP contribution in [0.3, 0.4) is 0 Å². The molecule has 0 spiro atoms. The Balaban J connectivity index is 3.34. The molecular formula is C9H18BrNO. The van der Waals surface area contributed by atoms with Crippen molar-refractivity contribution in [2.45, 2.75) is 38.4 Å². The van der Waals surface area contributed by atoms with Gasteiger partial charge in [-0.2, -0.15) is 0 Å². The van der Waals surface area contributed by atoms with Gasteiger partial charge in [0.1, 0.15) is 0 Å². The Kier molecular flexibility index (Phi) is 6.44. The normalized spacial score (nSPS) is 13.1. The van der Waals surface area contributed by atoms with Crippen molar-refractivity contribution in [1.82, 2.24) is 5.32 Å². The van der Waals surface area contributed by atoms with Gasteiger partial charge in [-0.15, -0.1) is 0 Å². The first-order valence-electron chi connectivity index (χ1n) is 4.43. The van der Waals surface area contributed by atoms with Crippen LogP contribution in [0.1, 0.15) is 33.6 Å². The zero-order valence-corrected chi connectivity index (χ0v) is 9.65. The van der Waals surface area contributed by atoms with Gasteiger partial charge in [0.05, 0.1) is 0 Å². The number of carbonyl (C=O) groups excluding carboxylic acids is 1. The summed E-state index contributed by atoms with van der Waals surface area (Å²) in [6.07, 6.45) is 1.62. The van der Waals surface area contributed by atoms with Crippen LogP contribution in [0.15, 0.2) is 0 Å². The third-order valence-corrected chi connectivity index (χ3v) is 1.85. The van der Waals surface area contributed by atoms with Crippen molar-refractivity contribution in [1.29, 1.82) is 0 Å². The Morgan fingerprint density at radius 2 is 2.00 bits per heavy atom. The fraction of sp³-hybridized carbons (Fsp3) is 0.889. The highest BCUT2D eigenvalue weighted by atomic mass is 79.9. The molecule has 1 unspecified atom stereocenters. The molecule has 0 aromatic heterocycles. The molecule has 0 aliphatic heterocycles. The van der Waals surface area contributed by atoms with Gasteiger partial charge < -0.3 is 5.32 Å². The average Bonchev–Trinajstić information content (AvgIpc) is 1.96. The number of halogens is 1. The maximum atomic E-state index is 11.1. The Morgan fingerprint density at radius 1 is 1.42 bits per heavy atom. The molecule has 0 aromatic rings. The van der Waals surface area contributed by atoms with Crippen LogP contribution in [0.2, 0.25) is 0 Å². The third-order valence-electron chi connectivity index (χ3n) is 1.53. The first-order valence-corrected chi connectivity index (χ1v) is 5.34. The zero-order chi connectivity index (χ0) is 9.56. The number of amides is 1. The largest absolute Gasteiger partial charge is 0.355 e. The molecule has 0 fully saturated rings. The van der Waals surface area contributed by atoms with Gasteiger partial charge in [-0.25, -0.2) is 0 Å². The van der Waals surface area contributed by atoms with Gasteiger partial charge in [-0.1, -0.05) is 36.7 Å². The summed E-state index contributed by atoms with van der Waals surface area (Å²) in [7, 11) is 0. The predicted molar refractivity (Wildman–Crippen MR) is 55.5 cm³/mol. The van der Waals surface area contributed by atoms with Gasteiger partial charge in [0.15, 0.2) is 0 Å². The highest BCUT2D eigenvalue weighted by Crippen LogP contribution is 2.03. The van der Waals surface area contributed by atoms with E-state index in [4.69, 9.17) is 0 Å². The number of hydrogen-bond acceptors (Lipinski definition) is 1. The molecule has 72 valence electrons. The number of rotatable bonds is 5. The minimum atomic E-state index is 0.162. The van der Waals surface area contributed by atoms with E-state index >= 15 is 0 Å². The second-order valence-corrected chi connectivity index (χ2v) is 5.08. The molecule has 0 rings (SSSR count). The third kappa shape index (κ3) is 8.05. The second-order valence-electron chi connectivity index (χ2n) is 3.52. The fourth-order valence-corrected chi connectivity index (χ4v) is 0.925. The van der Waals surface area contributed by atoms with E-state index in [1.807, 2.05) is 6.92 Å². The van der Waals surface area contributed by atoms with Crippen LogP contribution < -0.4 is 5.32 Å². The van der Waals surface area contributed by atoms with E-state index in [0.717, 1.165) is 13.0 Å². The van der Waals surface area contributed by atoms with Crippen LogP contribution >= 0.6 is 15.9 Å². The Morgan fingerprint density at radius 3 is 2.42 bits per heavy atom. The molecule has 0 heterocycles. The van der Waals surface area contributed by atoms with Crippen LogP contribution in [0.25, 0.3) is 0 Å². The number of carbonyl (C=O) groups is 1. The van der Waals surface area contributed by atoms with Crippen molar-refractivity contribution in [3.8, 4) is 0 Å². The first kappa shape index (κ1) is 11.9. The molecule has 3 heteroatoms. The molecule has 12 heavy (non-hydrogen) atoms. The predicted octanol–water partition coefficient (Wildman–Crippen LogP) is 2.32. The number of alkyl halides is 1. The first-order chi connectivity index (χ1) is 5.52. The minimum Gasteiger partial charge on any atom is -0.355 e. The van der Waals surface area contributed by atoms with Crippen LogP contribution in [-0.2, 0) is 4.79 Å². The van der Waals surface area contributed by atoms with E-state index in [9.17, 15) is 4.79 Å². The Hall–Kier alpha value is -0.0500. The maximum Gasteiger partial charge on any atom is 0.220 e. The molecule has 2 nitrogen and oxygen atoms in total. The van der Waals surface area contributed by atoms with Gasteiger partial charge in [-0.05, 0) is 12.3 Å². The molecule has 0 aromatic carbocycles. The lowest BCUT2D eigenvalue weighted by Gasteiger charge is -2.07. The summed E-state index contributed by atoms with van der Waals surface area (Å²) in [5, 5.41) is 2.85.